The molecule has 0 bridgehead atoms. The van der Waals surface area contributed by atoms with E-state index in [1.807, 2.05) is 18.2 Å². The SMILES string of the molecule is NS(=O)(=O)c1ccc(NC(=O)Cn2c3c(sc2=O)[C@@H](c2cccc(Br)c2)[C@@H]2C(=O)N(c4ccc(F)cc4)C(=O)[C@@H]2S3)cc1. The van der Waals surface area contributed by atoms with Crippen LogP contribution in [0.4, 0.5) is 15.8 Å². The van der Waals surface area contributed by atoms with E-state index in [9.17, 15) is 32.0 Å². The van der Waals surface area contributed by atoms with Crippen LogP contribution in [0.15, 0.2) is 92.0 Å². The maximum atomic E-state index is 13.9. The van der Waals surface area contributed by atoms with Crippen molar-refractivity contribution in [2.24, 2.45) is 11.1 Å². The number of nitrogens with zero attached hydrogens (tertiary/aromatic N) is 2. The minimum absolute atomic E-state index is 0.122. The van der Waals surface area contributed by atoms with Crippen LogP contribution in [-0.4, -0.2) is 36.0 Å². The lowest BCUT2D eigenvalue weighted by Crippen LogP contribution is -2.33. The lowest BCUT2D eigenvalue weighted by atomic mass is 9.83. The minimum Gasteiger partial charge on any atom is -0.325 e. The van der Waals surface area contributed by atoms with E-state index in [4.69, 9.17) is 5.14 Å². The molecule has 3 heterocycles. The summed E-state index contributed by atoms with van der Waals surface area (Å²) in [6, 6.07) is 17.6. The molecule has 43 heavy (non-hydrogen) atoms. The molecule has 0 radical (unpaired) electrons. The van der Waals surface area contributed by atoms with Gasteiger partial charge >= 0.3 is 4.87 Å². The molecular formula is C28H20BrFN4O6S3. The number of hydrogen-bond donors (Lipinski definition) is 2. The number of amides is 3. The van der Waals surface area contributed by atoms with E-state index in [1.165, 1.54) is 53.1 Å². The number of imide groups is 1. The van der Waals surface area contributed by atoms with Crippen LogP contribution in [-0.2, 0) is 31.0 Å². The van der Waals surface area contributed by atoms with Gasteiger partial charge < -0.3 is 5.32 Å². The summed E-state index contributed by atoms with van der Waals surface area (Å²) in [7, 11) is -3.91. The smallest absolute Gasteiger partial charge is 0.308 e. The minimum atomic E-state index is -3.91. The molecule has 0 spiro atoms. The van der Waals surface area contributed by atoms with Gasteiger partial charge in [-0.05, 0) is 66.2 Å². The van der Waals surface area contributed by atoms with Gasteiger partial charge in [-0.3, -0.25) is 23.7 Å². The normalized spacial score (nSPS) is 19.7. The van der Waals surface area contributed by atoms with Gasteiger partial charge in [0, 0.05) is 21.0 Å². The Morgan fingerprint density at radius 1 is 1.00 bits per heavy atom. The second kappa shape index (κ2) is 11.1. The first-order valence-corrected chi connectivity index (χ1v) is 16.7. The average molecular weight is 704 g/mol. The molecule has 10 nitrogen and oxygen atoms in total. The fourth-order valence-corrected chi connectivity index (χ4v) is 8.94. The third kappa shape index (κ3) is 5.47. The quantitative estimate of drug-likeness (QED) is 0.290. The van der Waals surface area contributed by atoms with Crippen LogP contribution in [0.1, 0.15) is 16.4 Å². The van der Waals surface area contributed by atoms with E-state index in [2.05, 4.69) is 21.2 Å². The molecule has 15 heteroatoms. The Labute approximate surface area is 260 Å². The average Bonchev–Trinajstić information content (AvgIpc) is 3.39. The first kappa shape index (κ1) is 29.4. The molecule has 4 aromatic rings. The highest BCUT2D eigenvalue weighted by molar-refractivity contribution is 9.10. The number of thiazole rings is 1. The van der Waals surface area contributed by atoms with Crippen LogP contribution < -0.4 is 20.2 Å². The third-order valence-electron chi connectivity index (χ3n) is 7.11. The number of halogens is 2. The molecular weight excluding hydrogens is 683 g/mol. The Bertz CT molecular complexity index is 1960. The number of carbonyl (C=O) groups excluding carboxylic acids is 3. The monoisotopic (exact) mass is 702 g/mol. The van der Waals surface area contributed by atoms with Gasteiger partial charge in [0.1, 0.15) is 17.6 Å². The van der Waals surface area contributed by atoms with Crippen molar-refractivity contribution in [2.75, 3.05) is 10.2 Å². The van der Waals surface area contributed by atoms with Gasteiger partial charge in [0.2, 0.25) is 27.7 Å². The van der Waals surface area contributed by atoms with Gasteiger partial charge in [-0.25, -0.2) is 22.8 Å². The molecule has 3 amide bonds. The predicted molar refractivity (Wildman–Crippen MR) is 163 cm³/mol. The molecule has 3 N–H and O–H groups in total. The lowest BCUT2D eigenvalue weighted by Gasteiger charge is -2.30. The molecule has 3 aromatic carbocycles. The van der Waals surface area contributed by atoms with Crippen LogP contribution >= 0.6 is 39.0 Å². The summed E-state index contributed by atoms with van der Waals surface area (Å²) in [5.41, 5.74) is 1.24. The molecule has 2 aliphatic rings. The van der Waals surface area contributed by atoms with Crippen molar-refractivity contribution in [3.8, 4) is 0 Å². The van der Waals surface area contributed by atoms with Gasteiger partial charge in [0.15, 0.2) is 0 Å². The Balaban J connectivity index is 1.37. The Morgan fingerprint density at radius 3 is 2.35 bits per heavy atom. The van der Waals surface area contributed by atoms with E-state index in [-0.39, 0.29) is 17.1 Å². The molecule has 3 atom stereocenters. The highest BCUT2D eigenvalue weighted by Crippen LogP contribution is 2.54. The zero-order valence-electron chi connectivity index (χ0n) is 21.8. The number of benzene rings is 3. The van der Waals surface area contributed by atoms with Gasteiger partial charge in [0.25, 0.3) is 0 Å². The van der Waals surface area contributed by atoms with Gasteiger partial charge in [-0.15, -0.1) is 0 Å². The van der Waals surface area contributed by atoms with Crippen molar-refractivity contribution in [2.45, 2.75) is 27.6 Å². The van der Waals surface area contributed by atoms with Crippen LogP contribution in [0.3, 0.4) is 0 Å². The summed E-state index contributed by atoms with van der Waals surface area (Å²) in [6.45, 7) is -0.388. The Hall–Kier alpha value is -3.63. The number of nitrogens with one attached hydrogen (secondary N) is 1. The van der Waals surface area contributed by atoms with Crippen molar-refractivity contribution < 1.29 is 27.2 Å². The van der Waals surface area contributed by atoms with E-state index in [1.54, 1.807) is 6.07 Å². The van der Waals surface area contributed by atoms with Crippen molar-refractivity contribution in [1.82, 2.24) is 4.57 Å². The standard InChI is InChI=1S/C28H20BrFN4O6S3/c29-15-3-1-2-14(12-15)21-22-23(26(37)34(25(22)36)18-8-4-16(30)5-9-18)41-27-24(21)42-28(38)33(27)13-20(35)32-17-6-10-19(11-7-17)43(31,39)40/h1-12,21-23H,13H2,(H,32,35)(H2,31,39,40)/t21-,22-,23+/m0/s1. The first-order valence-electron chi connectivity index (χ1n) is 12.6. The fourth-order valence-electron chi connectivity index (χ4n) is 5.23. The van der Waals surface area contributed by atoms with Crippen molar-refractivity contribution >= 4 is 78.1 Å². The van der Waals surface area contributed by atoms with Crippen LogP contribution in [0.5, 0.6) is 0 Å². The summed E-state index contributed by atoms with van der Waals surface area (Å²) in [5, 5.41) is 7.26. The van der Waals surface area contributed by atoms with E-state index >= 15 is 0 Å². The third-order valence-corrected chi connectivity index (χ3v) is 11.1. The van der Waals surface area contributed by atoms with Crippen LogP contribution in [0.25, 0.3) is 0 Å². The topological polar surface area (TPSA) is 149 Å². The van der Waals surface area contributed by atoms with Crippen LogP contribution in [0, 0.1) is 11.7 Å². The number of sulfonamides is 1. The summed E-state index contributed by atoms with van der Waals surface area (Å²) < 4.78 is 38.7. The summed E-state index contributed by atoms with van der Waals surface area (Å²) >= 11 is 5.43. The molecule has 0 unspecified atom stereocenters. The molecule has 6 rings (SSSR count). The number of hydrogen-bond acceptors (Lipinski definition) is 8. The fraction of sp³-hybridized carbons (Fsp3) is 0.143. The zero-order chi connectivity index (χ0) is 30.6. The molecule has 220 valence electrons. The number of carbonyl (C=O) groups is 3. The summed E-state index contributed by atoms with van der Waals surface area (Å²) in [4.78, 5) is 55.0. The molecule has 0 saturated carbocycles. The predicted octanol–water partition coefficient (Wildman–Crippen LogP) is 3.89. The molecule has 1 fully saturated rings. The van der Waals surface area contributed by atoms with Gasteiger partial charge in [-0.2, -0.15) is 0 Å². The Morgan fingerprint density at radius 2 is 1.70 bits per heavy atom. The summed E-state index contributed by atoms with van der Waals surface area (Å²) in [5.74, 6) is -3.53. The van der Waals surface area contributed by atoms with E-state index in [0.29, 0.717) is 21.2 Å². The highest BCUT2D eigenvalue weighted by atomic mass is 79.9. The summed E-state index contributed by atoms with van der Waals surface area (Å²) in [6.07, 6.45) is 0. The van der Waals surface area contributed by atoms with Gasteiger partial charge in [-0.1, -0.05) is 51.2 Å². The number of rotatable bonds is 6. The number of thioether (sulfide) groups is 1. The first-order chi connectivity index (χ1) is 20.4. The molecule has 0 aliphatic carbocycles. The van der Waals surface area contributed by atoms with Crippen molar-refractivity contribution in [3.63, 3.8) is 0 Å². The van der Waals surface area contributed by atoms with Crippen molar-refractivity contribution in [1.29, 1.82) is 0 Å². The maximum Gasteiger partial charge on any atom is 0.308 e. The van der Waals surface area contributed by atoms with Crippen LogP contribution in [0.2, 0.25) is 0 Å². The second-order valence-corrected chi connectivity index (χ2v) is 14.4. The van der Waals surface area contributed by atoms with E-state index in [0.717, 1.165) is 32.5 Å². The zero-order valence-corrected chi connectivity index (χ0v) is 25.8. The number of fused-ring (bicyclic) bond motifs is 2. The second-order valence-electron chi connectivity index (χ2n) is 9.83. The van der Waals surface area contributed by atoms with E-state index < -0.39 is 55.5 Å². The maximum absolute atomic E-state index is 13.9. The number of primary sulfonamides is 1. The number of aromatic nitrogens is 1. The lowest BCUT2D eigenvalue weighted by molar-refractivity contribution is -0.122. The Kier molecular flexibility index (Phi) is 7.62. The molecule has 2 aliphatic heterocycles. The molecule has 1 saturated heterocycles. The molecule has 1 aromatic heterocycles. The largest absolute Gasteiger partial charge is 0.325 e. The number of anilines is 2. The highest BCUT2D eigenvalue weighted by Gasteiger charge is 2.56. The van der Waals surface area contributed by atoms with Crippen molar-refractivity contribution in [3.05, 3.63) is 103 Å². The number of nitrogens with two attached hydrogens (primary N) is 1. The van der Waals surface area contributed by atoms with Gasteiger partial charge in [0.05, 0.1) is 21.5 Å².